The second kappa shape index (κ2) is 3.73. The Balaban J connectivity index is 1.60. The smallest absolute Gasteiger partial charge is 0.217 e. The summed E-state index contributed by atoms with van der Waals surface area (Å²) in [5.41, 5.74) is 0.148. The first kappa shape index (κ1) is 13.8. The van der Waals surface area contributed by atoms with Crippen molar-refractivity contribution >= 4 is 0 Å². The Morgan fingerprint density at radius 2 is 1.79 bits per heavy atom. The Bertz CT molecular complexity index is 382. The third-order valence-electron chi connectivity index (χ3n) is 5.85. The predicted molar refractivity (Wildman–Crippen MR) is 73.0 cm³/mol. The molecule has 0 aliphatic carbocycles. The van der Waals surface area contributed by atoms with Crippen molar-refractivity contribution in [3.8, 4) is 0 Å². The summed E-state index contributed by atoms with van der Waals surface area (Å²) in [6.07, 6.45) is 4.18. The summed E-state index contributed by atoms with van der Waals surface area (Å²) in [6, 6.07) is 0. The van der Waals surface area contributed by atoms with E-state index in [0.29, 0.717) is 12.1 Å². The lowest BCUT2D eigenvalue weighted by molar-refractivity contribution is -1.17. The van der Waals surface area contributed by atoms with E-state index in [1.54, 1.807) is 0 Å². The van der Waals surface area contributed by atoms with Crippen molar-refractivity contribution < 1.29 is 19.3 Å². The van der Waals surface area contributed by atoms with Crippen LogP contribution in [-0.2, 0) is 4.84 Å². The molecule has 3 aliphatic rings. The molecule has 3 fully saturated rings. The fraction of sp³-hybridized carbons (Fsp3) is 1.00. The van der Waals surface area contributed by atoms with Gasteiger partial charge in [0.2, 0.25) is 0 Å². The molecule has 3 aliphatic heterocycles. The van der Waals surface area contributed by atoms with Crippen LogP contribution in [0.25, 0.3) is 0 Å². The average Bonchev–Trinajstić information content (AvgIpc) is 2.78. The standard InChI is InChI=1S/C15H30N2O2/c1-14(2,3)16(18)10-12(11-16)9-15(4,5)17-8-6-7-13(17)19-17/h12-13,18H,6-11H2,1-5H3/q+2. The molecule has 3 heterocycles. The van der Waals surface area contributed by atoms with Gasteiger partial charge in [-0.2, -0.15) is 4.65 Å². The first-order valence-electron chi connectivity index (χ1n) is 7.76. The van der Waals surface area contributed by atoms with Crippen LogP contribution >= 0.6 is 0 Å². The molecular weight excluding hydrogens is 240 g/mol. The monoisotopic (exact) mass is 270 g/mol. The van der Waals surface area contributed by atoms with E-state index in [1.165, 1.54) is 25.8 Å². The first-order chi connectivity index (χ1) is 8.60. The van der Waals surface area contributed by atoms with Crippen molar-refractivity contribution in [3.63, 3.8) is 0 Å². The maximum atomic E-state index is 10.6. The highest BCUT2D eigenvalue weighted by atomic mass is 16.9. The highest BCUT2D eigenvalue weighted by Gasteiger charge is 2.71. The number of hydrogen-bond acceptors (Lipinski definition) is 2. The fourth-order valence-electron chi connectivity index (χ4n) is 4.32. The van der Waals surface area contributed by atoms with E-state index in [-0.39, 0.29) is 15.7 Å². The van der Waals surface area contributed by atoms with Crippen LogP contribution in [0, 0.1) is 5.92 Å². The van der Waals surface area contributed by atoms with Crippen molar-refractivity contribution in [2.75, 3.05) is 19.6 Å². The second-order valence-electron chi connectivity index (χ2n) is 8.56. The molecule has 0 amide bonds. The lowest BCUT2D eigenvalue weighted by atomic mass is 9.81. The van der Waals surface area contributed by atoms with E-state index in [9.17, 15) is 5.21 Å². The summed E-state index contributed by atoms with van der Waals surface area (Å²) in [5.74, 6) is 0.636. The number of likely N-dealkylation sites (tertiary alicyclic amines) is 1. The van der Waals surface area contributed by atoms with Crippen LogP contribution in [0.5, 0.6) is 0 Å². The van der Waals surface area contributed by atoms with Gasteiger partial charge in [-0.05, 0) is 34.6 Å². The van der Waals surface area contributed by atoms with Crippen LogP contribution in [0.1, 0.15) is 53.9 Å². The Hall–Kier alpha value is -0.160. The third kappa shape index (κ3) is 1.88. The van der Waals surface area contributed by atoms with Gasteiger partial charge in [0.25, 0.3) is 6.23 Å². The van der Waals surface area contributed by atoms with Gasteiger partial charge in [0.1, 0.15) is 30.7 Å². The topological polar surface area (TPSA) is 32.8 Å². The molecule has 2 unspecified atom stereocenters. The molecule has 110 valence electrons. The lowest BCUT2D eigenvalue weighted by Crippen LogP contribution is -2.70. The minimum atomic E-state index is -0.0558. The maximum Gasteiger partial charge on any atom is 0.274 e. The molecule has 2 atom stereocenters. The lowest BCUT2D eigenvalue weighted by Gasteiger charge is -2.52. The van der Waals surface area contributed by atoms with Gasteiger partial charge in [-0.1, -0.05) is 0 Å². The number of rotatable bonds is 3. The Kier molecular flexibility index (Phi) is 2.71. The summed E-state index contributed by atoms with van der Waals surface area (Å²) in [4.78, 5) is 5.96. The molecule has 3 saturated heterocycles. The molecule has 0 aromatic rings. The van der Waals surface area contributed by atoms with Crippen LogP contribution in [0.15, 0.2) is 0 Å². The number of fused-ring (bicyclic) bond motifs is 1. The molecule has 0 saturated carbocycles. The fourth-order valence-corrected chi connectivity index (χ4v) is 4.32. The van der Waals surface area contributed by atoms with Gasteiger partial charge in [-0.25, -0.2) is 5.21 Å². The number of hydroxylamine groups is 6. The van der Waals surface area contributed by atoms with E-state index >= 15 is 0 Å². The van der Waals surface area contributed by atoms with Gasteiger partial charge in [0.05, 0.1) is 5.92 Å². The van der Waals surface area contributed by atoms with E-state index in [0.717, 1.165) is 17.7 Å². The zero-order valence-electron chi connectivity index (χ0n) is 13.1. The van der Waals surface area contributed by atoms with Gasteiger partial charge in [0, 0.05) is 19.3 Å². The van der Waals surface area contributed by atoms with Crippen molar-refractivity contribution in [2.45, 2.75) is 71.2 Å². The Morgan fingerprint density at radius 1 is 1.16 bits per heavy atom. The van der Waals surface area contributed by atoms with Crippen molar-refractivity contribution in [3.05, 3.63) is 0 Å². The van der Waals surface area contributed by atoms with Crippen LogP contribution in [-0.4, -0.2) is 51.4 Å². The van der Waals surface area contributed by atoms with Gasteiger partial charge in [0.15, 0.2) is 0 Å². The quantitative estimate of drug-likeness (QED) is 0.632. The maximum absolute atomic E-state index is 10.6. The Labute approximate surface area is 117 Å². The van der Waals surface area contributed by atoms with Crippen LogP contribution in [0.2, 0.25) is 0 Å². The minimum Gasteiger partial charge on any atom is -0.217 e. The molecule has 0 spiro atoms. The van der Waals surface area contributed by atoms with Gasteiger partial charge >= 0.3 is 0 Å². The van der Waals surface area contributed by atoms with Crippen molar-refractivity contribution in [2.24, 2.45) is 5.92 Å². The minimum absolute atomic E-state index is 0.0558. The van der Waals surface area contributed by atoms with Gasteiger partial charge in [-0.3, -0.25) is 0 Å². The number of nitrogens with zero attached hydrogens (tertiary/aromatic N) is 2. The van der Waals surface area contributed by atoms with Crippen LogP contribution in [0.4, 0.5) is 0 Å². The molecule has 3 rings (SSSR count). The molecular formula is C15H30N2O2+2. The Morgan fingerprint density at radius 3 is 2.21 bits per heavy atom. The summed E-state index contributed by atoms with van der Waals surface area (Å²) in [7, 11) is 0. The summed E-state index contributed by atoms with van der Waals surface area (Å²) >= 11 is 0. The van der Waals surface area contributed by atoms with Gasteiger partial charge < -0.3 is 0 Å². The molecule has 4 heteroatoms. The zero-order valence-corrected chi connectivity index (χ0v) is 13.1. The SMILES string of the molecule is CC(C)(C)[N+]1(O)CC(CC(C)(C)[N+]23CCCC2O3)C1. The predicted octanol–water partition coefficient (Wildman–Crippen LogP) is 2.67. The number of hydrogen-bond donors (Lipinski definition) is 1. The molecule has 1 N–H and O–H groups in total. The average molecular weight is 270 g/mol. The van der Waals surface area contributed by atoms with E-state index < -0.39 is 0 Å². The molecule has 4 nitrogen and oxygen atoms in total. The highest BCUT2D eigenvalue weighted by molar-refractivity contribution is 4.84. The van der Waals surface area contributed by atoms with Crippen molar-refractivity contribution in [1.82, 2.24) is 0 Å². The summed E-state index contributed by atoms with van der Waals surface area (Å²) in [6.45, 7) is 14.1. The largest absolute Gasteiger partial charge is 0.274 e. The van der Waals surface area contributed by atoms with E-state index in [4.69, 9.17) is 4.84 Å². The third-order valence-corrected chi connectivity index (χ3v) is 5.85. The number of quaternary nitrogens is 2. The summed E-state index contributed by atoms with van der Waals surface area (Å²) in [5, 5.41) is 10.6. The molecule has 0 bridgehead atoms. The molecule has 0 aromatic heterocycles. The van der Waals surface area contributed by atoms with Crippen LogP contribution in [0.3, 0.4) is 0 Å². The molecule has 19 heavy (non-hydrogen) atoms. The normalized spacial score (nSPS) is 45.8. The summed E-state index contributed by atoms with van der Waals surface area (Å²) < 4.78 is 1.13. The van der Waals surface area contributed by atoms with Crippen LogP contribution < -0.4 is 0 Å². The molecule has 0 radical (unpaired) electrons. The first-order valence-corrected chi connectivity index (χ1v) is 7.76. The molecule has 0 aromatic carbocycles. The van der Waals surface area contributed by atoms with E-state index in [1.807, 2.05) is 0 Å². The van der Waals surface area contributed by atoms with E-state index in [2.05, 4.69) is 34.6 Å². The van der Waals surface area contributed by atoms with Gasteiger partial charge in [-0.15, -0.1) is 9.48 Å². The second-order valence-corrected chi connectivity index (χ2v) is 8.56. The highest BCUT2D eigenvalue weighted by Crippen LogP contribution is 2.53. The zero-order chi connectivity index (χ0) is 14.1. The van der Waals surface area contributed by atoms with Crippen molar-refractivity contribution in [1.29, 1.82) is 0 Å².